The van der Waals surface area contributed by atoms with E-state index in [-0.39, 0.29) is 53.3 Å². The predicted octanol–water partition coefficient (Wildman–Crippen LogP) is 1.24. The topological polar surface area (TPSA) is 250 Å². The summed E-state index contributed by atoms with van der Waals surface area (Å²) in [5.74, 6) is -3.61. The van der Waals surface area contributed by atoms with Gasteiger partial charge in [-0.05, 0) is 12.8 Å². The first-order valence-electron chi connectivity index (χ1n) is 13.7. The molecule has 18 heteroatoms. The Kier molecular flexibility index (Phi) is 11.7. The number of rotatable bonds is 16. The first kappa shape index (κ1) is 35.4. The van der Waals surface area contributed by atoms with E-state index in [0.29, 0.717) is 29.1 Å². The minimum Gasteiger partial charge on any atom is -0.505 e. The Labute approximate surface area is 266 Å². The highest BCUT2D eigenvalue weighted by molar-refractivity contribution is 8.76. The number of carbonyl (C=O) groups is 5. The van der Waals surface area contributed by atoms with Crippen molar-refractivity contribution in [3.05, 3.63) is 17.4 Å². The summed E-state index contributed by atoms with van der Waals surface area (Å²) in [6, 6.07) is -2.78. The number of aromatic hydroxyl groups is 2. The van der Waals surface area contributed by atoms with E-state index < -0.39 is 48.2 Å². The summed E-state index contributed by atoms with van der Waals surface area (Å²) >= 11 is 0. The van der Waals surface area contributed by atoms with Crippen molar-refractivity contribution in [3.8, 4) is 11.5 Å². The van der Waals surface area contributed by atoms with E-state index in [4.69, 9.17) is 20.3 Å². The molecule has 0 spiro atoms. The van der Waals surface area contributed by atoms with Gasteiger partial charge in [-0.15, -0.1) is 0 Å². The number of methoxy groups -OCH3 is 1. The fourth-order valence-corrected chi connectivity index (χ4v) is 7.66. The zero-order valence-corrected chi connectivity index (χ0v) is 26.6. The van der Waals surface area contributed by atoms with Crippen molar-refractivity contribution in [2.75, 3.05) is 41.9 Å². The van der Waals surface area contributed by atoms with Gasteiger partial charge in [0.15, 0.2) is 5.72 Å². The molecule has 0 unspecified atom stereocenters. The molecular weight excluding hydrogens is 634 g/mol. The molecule has 16 nitrogen and oxygen atoms in total. The molecule has 3 amide bonds. The molecule has 1 saturated heterocycles. The SMILES string of the molecule is CO[C@@]12C(=COC(N)=O)c3c(O)c(NCCSSC[C@H](NC(=O)[C@H](CC(=O)O)NC=O)C(=O)O)c(C)c(O)c3N1C[C@H](C)[C@@H]2C. The number of phenolic OH excluding ortho intramolecular Hbond substituents is 2. The summed E-state index contributed by atoms with van der Waals surface area (Å²) < 4.78 is 11.0. The van der Waals surface area contributed by atoms with Crippen LogP contribution in [-0.2, 0) is 28.7 Å². The van der Waals surface area contributed by atoms with Gasteiger partial charge >= 0.3 is 18.0 Å². The van der Waals surface area contributed by atoms with Crippen molar-refractivity contribution in [1.29, 1.82) is 0 Å². The van der Waals surface area contributed by atoms with E-state index in [1.54, 1.807) is 6.92 Å². The number of primary amides is 1. The van der Waals surface area contributed by atoms with Crippen LogP contribution in [0.25, 0.3) is 5.57 Å². The number of benzene rings is 1. The summed E-state index contributed by atoms with van der Waals surface area (Å²) in [6.07, 6.45) is -0.473. The van der Waals surface area contributed by atoms with Crippen LogP contribution in [0.2, 0.25) is 0 Å². The third-order valence-electron chi connectivity index (χ3n) is 7.92. The number of carbonyl (C=O) groups excluding carboxylic acids is 3. The van der Waals surface area contributed by atoms with Gasteiger partial charge in [0.05, 0.1) is 28.9 Å². The Balaban J connectivity index is 1.72. The van der Waals surface area contributed by atoms with Crippen LogP contribution in [-0.4, -0.2) is 100 Å². The van der Waals surface area contributed by atoms with E-state index in [1.807, 2.05) is 18.7 Å². The van der Waals surface area contributed by atoms with Gasteiger partial charge < -0.3 is 56.5 Å². The molecule has 1 aromatic rings. The second-order valence-corrected chi connectivity index (χ2v) is 13.2. The van der Waals surface area contributed by atoms with Crippen LogP contribution >= 0.6 is 21.6 Å². The molecule has 2 aliphatic rings. The minimum absolute atomic E-state index is 0.0733. The van der Waals surface area contributed by atoms with Crippen LogP contribution in [0.15, 0.2) is 6.26 Å². The van der Waals surface area contributed by atoms with Crippen molar-refractivity contribution < 1.29 is 53.9 Å². The lowest BCUT2D eigenvalue weighted by molar-refractivity contribution is -0.142. The Hall–Kier alpha value is -4.03. The van der Waals surface area contributed by atoms with Gasteiger partial charge in [-0.25, -0.2) is 9.59 Å². The van der Waals surface area contributed by atoms with Gasteiger partial charge in [0, 0.05) is 43.2 Å². The summed E-state index contributed by atoms with van der Waals surface area (Å²) in [6.45, 7) is 6.38. The summed E-state index contributed by atoms with van der Waals surface area (Å²) in [4.78, 5) is 59.0. The summed E-state index contributed by atoms with van der Waals surface area (Å²) in [5.41, 5.74) is 5.58. The Bertz CT molecular complexity index is 1380. The van der Waals surface area contributed by atoms with Crippen molar-refractivity contribution in [3.63, 3.8) is 0 Å². The number of nitrogens with zero attached hydrogens (tertiary/aromatic N) is 1. The molecular formula is C27H37N5O11S2. The first-order valence-corrected chi connectivity index (χ1v) is 16.2. The highest BCUT2D eigenvalue weighted by Crippen LogP contribution is 2.63. The van der Waals surface area contributed by atoms with Crippen molar-refractivity contribution in [1.82, 2.24) is 10.6 Å². The summed E-state index contributed by atoms with van der Waals surface area (Å²) in [7, 11) is 3.89. The Morgan fingerprint density at radius 2 is 1.84 bits per heavy atom. The lowest BCUT2D eigenvalue weighted by Gasteiger charge is -2.36. The van der Waals surface area contributed by atoms with E-state index in [2.05, 4.69) is 16.0 Å². The van der Waals surface area contributed by atoms with Gasteiger partial charge in [-0.3, -0.25) is 14.4 Å². The maximum atomic E-state index is 12.3. The fourth-order valence-electron chi connectivity index (χ4n) is 5.59. The number of nitrogens with two attached hydrogens (primary N) is 1. The van der Waals surface area contributed by atoms with Gasteiger partial charge in [-0.1, -0.05) is 35.4 Å². The van der Waals surface area contributed by atoms with Crippen molar-refractivity contribution >= 4 is 68.9 Å². The second-order valence-electron chi connectivity index (χ2n) is 10.5. The van der Waals surface area contributed by atoms with Crippen LogP contribution in [0, 0.1) is 18.8 Å². The van der Waals surface area contributed by atoms with Crippen LogP contribution in [0.4, 0.5) is 16.2 Å². The van der Waals surface area contributed by atoms with Gasteiger partial charge in [-0.2, -0.15) is 0 Å². The van der Waals surface area contributed by atoms with E-state index >= 15 is 0 Å². The van der Waals surface area contributed by atoms with Crippen LogP contribution in [0.5, 0.6) is 11.5 Å². The number of phenols is 2. The summed E-state index contributed by atoms with van der Waals surface area (Å²) in [5, 5.41) is 48.6. The molecule has 0 saturated carbocycles. The van der Waals surface area contributed by atoms with Gasteiger partial charge in [0.25, 0.3) is 0 Å². The van der Waals surface area contributed by atoms with Gasteiger partial charge in [0.1, 0.15) is 29.8 Å². The fraction of sp³-hybridized carbons (Fsp3) is 0.519. The molecule has 0 bridgehead atoms. The van der Waals surface area contributed by atoms with Crippen LogP contribution in [0.1, 0.15) is 31.4 Å². The molecule has 9 N–H and O–H groups in total. The standard InChI is InChI=1S/C27H37N5O11S2/c1-12-8-32-21-19(15(9-43-26(28)41)27(32,42-4)14(12)3)23(37)20(13(2)22(21)36)29-5-6-44-45-10-17(25(39)40)31-24(38)16(30-11-33)7-18(34)35/h9,11-12,14,16-17,29,36-37H,5-8,10H2,1-4H3,(H2,28,41)(H,30,33)(H,31,38)(H,34,35)(H,39,40)/t12-,14-,16-,17-,27-/m0/s1. The molecule has 2 aliphatic heterocycles. The maximum absolute atomic E-state index is 12.3. The number of carboxylic acid groups (broad SMARTS) is 2. The van der Waals surface area contributed by atoms with E-state index in [0.717, 1.165) is 17.1 Å². The molecule has 0 aliphatic carbocycles. The predicted molar refractivity (Wildman–Crippen MR) is 167 cm³/mol. The molecule has 1 fully saturated rings. The molecule has 248 valence electrons. The van der Waals surface area contributed by atoms with Crippen molar-refractivity contribution in [2.24, 2.45) is 17.6 Å². The zero-order chi connectivity index (χ0) is 33.6. The maximum Gasteiger partial charge on any atom is 0.409 e. The zero-order valence-electron chi connectivity index (χ0n) is 25.0. The van der Waals surface area contributed by atoms with Crippen LogP contribution in [0.3, 0.4) is 0 Å². The van der Waals surface area contributed by atoms with Crippen LogP contribution < -0.4 is 26.6 Å². The number of anilines is 2. The van der Waals surface area contributed by atoms with E-state index in [1.165, 1.54) is 17.9 Å². The third-order valence-corrected chi connectivity index (χ3v) is 10.3. The second kappa shape index (κ2) is 14.8. The molecule has 2 heterocycles. The third kappa shape index (κ3) is 7.12. The molecule has 5 atom stereocenters. The number of ether oxygens (including phenoxy) is 2. The molecule has 0 aromatic heterocycles. The lowest BCUT2D eigenvalue weighted by atomic mass is 9.84. The number of amides is 3. The molecule has 3 rings (SSSR count). The number of nitrogens with one attached hydrogen (secondary N) is 3. The largest absolute Gasteiger partial charge is 0.505 e. The number of fused-ring (bicyclic) bond motifs is 3. The monoisotopic (exact) mass is 671 g/mol. The Morgan fingerprint density at radius 3 is 2.42 bits per heavy atom. The molecule has 45 heavy (non-hydrogen) atoms. The highest BCUT2D eigenvalue weighted by Gasteiger charge is 2.60. The quantitative estimate of drug-likeness (QED) is 0.0307. The minimum atomic E-state index is -1.43. The number of hydrogen-bond donors (Lipinski definition) is 8. The van der Waals surface area contributed by atoms with Gasteiger partial charge in [0.2, 0.25) is 12.3 Å². The highest BCUT2D eigenvalue weighted by atomic mass is 33.1. The Morgan fingerprint density at radius 1 is 1.16 bits per heavy atom. The van der Waals surface area contributed by atoms with E-state index in [9.17, 15) is 39.3 Å². The number of hydrogen-bond acceptors (Lipinski definition) is 13. The average molecular weight is 672 g/mol. The first-order chi connectivity index (χ1) is 21.2. The van der Waals surface area contributed by atoms with Crippen molar-refractivity contribution in [2.45, 2.75) is 45.0 Å². The average Bonchev–Trinajstić information content (AvgIpc) is 3.40. The molecule has 0 radical (unpaired) electrons. The number of aliphatic carboxylic acids is 2. The smallest absolute Gasteiger partial charge is 0.409 e. The number of carboxylic acids is 2. The normalized spacial score (nSPS) is 22.2. The lowest BCUT2D eigenvalue weighted by Crippen LogP contribution is -2.51. The molecule has 1 aromatic carbocycles.